The Labute approximate surface area is 200 Å². The fourth-order valence-corrected chi connectivity index (χ4v) is 4.45. The van der Waals surface area contributed by atoms with Gasteiger partial charge in [0.25, 0.3) is 0 Å². The first kappa shape index (κ1) is 23.0. The maximum absolute atomic E-state index is 13.6. The molecular formula is C26H24F3N5O. The first-order valence-electron chi connectivity index (χ1n) is 11.3. The number of ether oxygens (including phenoxy) is 1. The van der Waals surface area contributed by atoms with Crippen LogP contribution < -0.4 is 10.2 Å². The number of fused-ring (bicyclic) bond motifs is 2. The molecule has 0 saturated carbocycles. The highest BCUT2D eigenvalue weighted by Crippen LogP contribution is 2.37. The largest absolute Gasteiger partial charge is 0.418 e. The number of aryl methyl sites for hydroxylation is 1. The molecule has 0 radical (unpaired) electrons. The number of nitrogens with zero attached hydrogens (tertiary/aromatic N) is 4. The number of anilines is 3. The molecule has 0 amide bonds. The number of halogens is 3. The minimum Gasteiger partial charge on any atom is -0.377 e. The zero-order valence-corrected chi connectivity index (χ0v) is 19.4. The van der Waals surface area contributed by atoms with E-state index in [9.17, 15) is 13.2 Å². The molecule has 4 aromatic rings. The number of pyridine rings is 1. The molecule has 35 heavy (non-hydrogen) atoms. The van der Waals surface area contributed by atoms with Crippen LogP contribution in [0.4, 0.5) is 30.4 Å². The van der Waals surface area contributed by atoms with Crippen molar-refractivity contribution in [1.82, 2.24) is 15.0 Å². The average molecular weight is 480 g/mol. The van der Waals surface area contributed by atoms with Crippen LogP contribution in [0.25, 0.3) is 22.2 Å². The van der Waals surface area contributed by atoms with Crippen LogP contribution in [0.2, 0.25) is 0 Å². The summed E-state index contributed by atoms with van der Waals surface area (Å²) in [5.74, 6) is 0.982. The maximum atomic E-state index is 13.6. The zero-order chi connectivity index (χ0) is 24.6. The Morgan fingerprint density at radius 3 is 2.74 bits per heavy atom. The maximum Gasteiger partial charge on any atom is 0.418 e. The Morgan fingerprint density at radius 2 is 1.94 bits per heavy atom. The quantitative estimate of drug-likeness (QED) is 0.380. The fourth-order valence-electron chi connectivity index (χ4n) is 4.45. The van der Waals surface area contributed by atoms with E-state index < -0.39 is 11.7 Å². The lowest BCUT2D eigenvalue weighted by Crippen LogP contribution is -2.24. The van der Waals surface area contributed by atoms with E-state index in [-0.39, 0.29) is 12.3 Å². The summed E-state index contributed by atoms with van der Waals surface area (Å²) in [6.45, 7) is 1.17. The fraction of sp³-hybridized carbons (Fsp3) is 0.269. The molecular weight excluding hydrogens is 455 g/mol. The smallest absolute Gasteiger partial charge is 0.377 e. The van der Waals surface area contributed by atoms with E-state index in [1.54, 1.807) is 25.3 Å². The molecule has 9 heteroatoms. The van der Waals surface area contributed by atoms with E-state index in [0.29, 0.717) is 28.1 Å². The van der Waals surface area contributed by atoms with Crippen molar-refractivity contribution in [2.45, 2.75) is 25.6 Å². The number of alkyl halides is 3. The third kappa shape index (κ3) is 4.64. The lowest BCUT2D eigenvalue weighted by Gasteiger charge is -2.28. The zero-order valence-electron chi connectivity index (χ0n) is 19.4. The second-order valence-corrected chi connectivity index (χ2v) is 8.54. The monoisotopic (exact) mass is 479 g/mol. The summed E-state index contributed by atoms with van der Waals surface area (Å²) in [4.78, 5) is 15.4. The van der Waals surface area contributed by atoms with Gasteiger partial charge in [0.1, 0.15) is 12.4 Å². The van der Waals surface area contributed by atoms with Gasteiger partial charge in [-0.25, -0.2) is 9.97 Å². The third-order valence-corrected chi connectivity index (χ3v) is 6.10. The van der Waals surface area contributed by atoms with Crippen molar-refractivity contribution in [3.05, 3.63) is 71.7 Å². The summed E-state index contributed by atoms with van der Waals surface area (Å²) >= 11 is 0. The van der Waals surface area contributed by atoms with Gasteiger partial charge in [0.2, 0.25) is 0 Å². The molecule has 180 valence electrons. The topological polar surface area (TPSA) is 63.2 Å². The van der Waals surface area contributed by atoms with Crippen molar-refractivity contribution in [2.75, 3.05) is 30.9 Å². The van der Waals surface area contributed by atoms with Crippen LogP contribution in [-0.4, -0.2) is 35.7 Å². The van der Waals surface area contributed by atoms with Crippen LogP contribution in [0.1, 0.15) is 23.4 Å². The summed E-state index contributed by atoms with van der Waals surface area (Å²) in [6, 6.07) is 13.5. The molecule has 6 nitrogen and oxygen atoms in total. The molecule has 1 aliphatic rings. The highest BCUT2D eigenvalue weighted by Gasteiger charge is 2.34. The Morgan fingerprint density at radius 1 is 1.09 bits per heavy atom. The Balaban J connectivity index is 1.59. The molecule has 0 unspecified atom stereocenters. The lowest BCUT2D eigenvalue weighted by molar-refractivity contribution is -0.137. The van der Waals surface area contributed by atoms with Crippen molar-refractivity contribution in [3.8, 4) is 11.3 Å². The molecule has 5 rings (SSSR count). The third-order valence-electron chi connectivity index (χ3n) is 6.10. The van der Waals surface area contributed by atoms with Gasteiger partial charge in [-0.1, -0.05) is 12.1 Å². The molecule has 1 N–H and O–H groups in total. The van der Waals surface area contributed by atoms with Gasteiger partial charge < -0.3 is 15.0 Å². The van der Waals surface area contributed by atoms with Gasteiger partial charge in [0, 0.05) is 49.2 Å². The lowest BCUT2D eigenvalue weighted by atomic mass is 10.0. The predicted molar refractivity (Wildman–Crippen MR) is 130 cm³/mol. The van der Waals surface area contributed by atoms with Crippen molar-refractivity contribution in [2.24, 2.45) is 0 Å². The van der Waals surface area contributed by atoms with Crippen LogP contribution in [0, 0.1) is 0 Å². The predicted octanol–water partition coefficient (Wildman–Crippen LogP) is 5.98. The minimum absolute atomic E-state index is 0.138. The molecule has 0 spiro atoms. The number of rotatable bonds is 5. The van der Waals surface area contributed by atoms with Crippen LogP contribution in [-0.2, 0) is 23.9 Å². The van der Waals surface area contributed by atoms with Crippen LogP contribution in [0.5, 0.6) is 0 Å². The van der Waals surface area contributed by atoms with Gasteiger partial charge in [0.05, 0.1) is 16.8 Å². The minimum atomic E-state index is -4.52. The van der Waals surface area contributed by atoms with Crippen molar-refractivity contribution < 1.29 is 17.9 Å². The molecule has 0 saturated heterocycles. The first-order valence-corrected chi connectivity index (χ1v) is 11.3. The van der Waals surface area contributed by atoms with Crippen LogP contribution in [0.15, 0.2) is 54.7 Å². The van der Waals surface area contributed by atoms with Crippen molar-refractivity contribution in [1.29, 1.82) is 0 Å². The number of hydrogen-bond acceptors (Lipinski definition) is 6. The summed E-state index contributed by atoms with van der Waals surface area (Å²) in [6.07, 6.45) is -0.991. The molecule has 2 aromatic heterocycles. The highest BCUT2D eigenvalue weighted by molar-refractivity contribution is 5.93. The van der Waals surface area contributed by atoms with Gasteiger partial charge >= 0.3 is 6.18 Å². The summed E-state index contributed by atoms with van der Waals surface area (Å²) in [5.41, 5.74) is 3.25. The molecule has 0 aliphatic carbocycles. The highest BCUT2D eigenvalue weighted by atomic mass is 19.4. The van der Waals surface area contributed by atoms with Gasteiger partial charge in [0.15, 0.2) is 5.82 Å². The molecule has 2 aromatic carbocycles. The normalized spacial score (nSPS) is 13.7. The van der Waals surface area contributed by atoms with Crippen molar-refractivity contribution >= 4 is 28.1 Å². The molecule has 0 bridgehead atoms. The van der Waals surface area contributed by atoms with Gasteiger partial charge in [-0.3, -0.25) is 4.98 Å². The number of hydrogen-bond donors (Lipinski definition) is 1. The van der Waals surface area contributed by atoms with E-state index in [1.807, 2.05) is 6.07 Å². The van der Waals surface area contributed by atoms with Crippen LogP contribution >= 0.6 is 0 Å². The van der Waals surface area contributed by atoms with E-state index in [2.05, 4.69) is 44.3 Å². The summed E-state index contributed by atoms with van der Waals surface area (Å²) < 4.78 is 45.9. The molecule has 0 fully saturated rings. The number of benzene rings is 2. The van der Waals surface area contributed by atoms with E-state index in [4.69, 9.17) is 4.74 Å². The number of nitrogens with one attached hydrogen (secondary N) is 1. The number of methoxy groups -OCH3 is 1. The summed E-state index contributed by atoms with van der Waals surface area (Å²) in [7, 11) is 3.62. The number of aromatic nitrogens is 3. The van der Waals surface area contributed by atoms with Gasteiger partial charge in [-0.15, -0.1) is 0 Å². The van der Waals surface area contributed by atoms with E-state index in [1.165, 1.54) is 23.5 Å². The van der Waals surface area contributed by atoms with Crippen molar-refractivity contribution in [3.63, 3.8) is 0 Å². The first-order chi connectivity index (χ1) is 16.8. The Bertz CT molecular complexity index is 1390. The SMILES string of the molecule is COCc1nc(Nc2ccc3c(c2)N(C)CCC3)c2ccc(-c3ncccc3C(F)(F)F)cc2n1. The van der Waals surface area contributed by atoms with Gasteiger partial charge in [-0.2, -0.15) is 13.2 Å². The Hall–Kier alpha value is -3.72. The Kier molecular flexibility index (Phi) is 6.02. The molecule has 0 atom stereocenters. The van der Waals surface area contributed by atoms with E-state index >= 15 is 0 Å². The van der Waals surface area contributed by atoms with Crippen LogP contribution in [0.3, 0.4) is 0 Å². The standard InChI is InChI=1S/C26H24F3N5O/c1-34-12-4-5-16-7-9-18(14-22(16)34)31-25-19-10-8-17(13-21(19)32-23(33-25)15-35-2)24-20(26(27,28)29)6-3-11-30-24/h3,6-11,13-14H,4-5,12,15H2,1-2H3,(H,31,32,33). The van der Waals surface area contributed by atoms with E-state index in [0.717, 1.165) is 31.1 Å². The summed E-state index contributed by atoms with van der Waals surface area (Å²) in [5, 5.41) is 4.07. The second kappa shape index (κ2) is 9.14. The molecule has 1 aliphatic heterocycles. The molecule has 3 heterocycles. The van der Waals surface area contributed by atoms with Gasteiger partial charge in [-0.05, 0) is 54.8 Å². The average Bonchev–Trinajstić information content (AvgIpc) is 2.84. The second-order valence-electron chi connectivity index (χ2n) is 8.54.